The number of carbonyl (C=O) groups is 1. The molecule has 5 nitrogen and oxygen atoms in total. The Bertz CT molecular complexity index is 704. The van der Waals surface area contributed by atoms with Gasteiger partial charge in [-0.2, -0.15) is 0 Å². The van der Waals surface area contributed by atoms with E-state index in [0.29, 0.717) is 17.4 Å². The topological polar surface area (TPSA) is 58.4 Å². The zero-order chi connectivity index (χ0) is 18.9. The van der Waals surface area contributed by atoms with Gasteiger partial charge in [-0.05, 0) is 50.4 Å². The summed E-state index contributed by atoms with van der Waals surface area (Å²) in [6.07, 6.45) is 5.35. The number of likely N-dealkylation sites (tertiary alicyclic amines) is 1. The maximum atomic E-state index is 12.0. The average molecular weight is 388 g/mol. The summed E-state index contributed by atoms with van der Waals surface area (Å²) in [5, 5.41) is 3.02. The average Bonchev–Trinajstić information content (AvgIpc) is 3.15. The van der Waals surface area contributed by atoms with Gasteiger partial charge in [0.15, 0.2) is 0 Å². The van der Waals surface area contributed by atoms with Crippen LogP contribution in [-0.2, 0) is 10.5 Å². The van der Waals surface area contributed by atoms with Crippen molar-refractivity contribution in [3.8, 4) is 11.5 Å². The fraction of sp³-hybridized carbons (Fsp3) is 0.524. The van der Waals surface area contributed by atoms with Gasteiger partial charge in [0.1, 0.15) is 6.26 Å². The van der Waals surface area contributed by atoms with E-state index in [0.717, 1.165) is 36.7 Å². The third-order valence-electron chi connectivity index (χ3n) is 4.77. The lowest BCUT2D eigenvalue weighted by Crippen LogP contribution is -2.36. The number of thioether (sulfide) groups is 1. The number of nitrogens with one attached hydrogen (secondary N) is 1. The van der Waals surface area contributed by atoms with Gasteiger partial charge in [-0.25, -0.2) is 4.98 Å². The fourth-order valence-electron chi connectivity index (χ4n) is 3.41. The van der Waals surface area contributed by atoms with E-state index < -0.39 is 0 Å². The van der Waals surface area contributed by atoms with Crippen molar-refractivity contribution in [2.24, 2.45) is 5.92 Å². The maximum absolute atomic E-state index is 12.0. The summed E-state index contributed by atoms with van der Waals surface area (Å²) in [7, 11) is 0. The second-order valence-corrected chi connectivity index (χ2v) is 8.24. The second-order valence-electron chi connectivity index (χ2n) is 7.25. The van der Waals surface area contributed by atoms with Gasteiger partial charge in [0.25, 0.3) is 0 Å². The molecule has 0 bridgehead atoms. The van der Waals surface area contributed by atoms with E-state index in [2.05, 4.69) is 22.1 Å². The van der Waals surface area contributed by atoms with Crippen molar-refractivity contribution in [2.75, 3.05) is 31.9 Å². The van der Waals surface area contributed by atoms with E-state index in [1.807, 2.05) is 30.3 Å². The summed E-state index contributed by atoms with van der Waals surface area (Å²) in [4.78, 5) is 19.0. The summed E-state index contributed by atoms with van der Waals surface area (Å²) in [6, 6.07) is 9.84. The van der Waals surface area contributed by atoms with Gasteiger partial charge in [0.2, 0.25) is 11.8 Å². The molecule has 0 saturated carbocycles. The standard InChI is InChI=1S/C21H29N3O2S/c1-17-7-5-11-24(13-17)12-6-10-22-20(25)16-27-15-19-14-26-21(23-19)18-8-3-2-4-9-18/h2-4,8-9,14,17H,5-7,10-13,15-16H2,1H3,(H,22,25). The lowest BCUT2D eigenvalue weighted by Gasteiger charge is -2.30. The van der Waals surface area contributed by atoms with Crippen LogP contribution in [0.4, 0.5) is 0 Å². The predicted octanol–water partition coefficient (Wildman–Crippen LogP) is 3.81. The van der Waals surface area contributed by atoms with Crippen LogP contribution < -0.4 is 5.32 Å². The van der Waals surface area contributed by atoms with E-state index in [1.165, 1.54) is 25.9 Å². The van der Waals surface area contributed by atoms with Crippen LogP contribution in [0.5, 0.6) is 0 Å². The molecule has 0 aliphatic carbocycles. The van der Waals surface area contributed by atoms with Crippen molar-refractivity contribution in [2.45, 2.75) is 31.9 Å². The van der Waals surface area contributed by atoms with Crippen molar-refractivity contribution in [3.05, 3.63) is 42.3 Å². The Morgan fingerprint density at radius 2 is 2.22 bits per heavy atom. The first-order valence-electron chi connectivity index (χ1n) is 9.77. The lowest BCUT2D eigenvalue weighted by molar-refractivity contribution is -0.118. The Morgan fingerprint density at radius 1 is 1.37 bits per heavy atom. The highest BCUT2D eigenvalue weighted by atomic mass is 32.2. The Kier molecular flexibility index (Phi) is 7.78. The van der Waals surface area contributed by atoms with Crippen LogP contribution in [0.1, 0.15) is 31.9 Å². The first-order valence-corrected chi connectivity index (χ1v) is 10.9. The van der Waals surface area contributed by atoms with Crippen LogP contribution in [0.15, 0.2) is 41.0 Å². The van der Waals surface area contributed by atoms with Crippen molar-refractivity contribution in [1.82, 2.24) is 15.2 Å². The van der Waals surface area contributed by atoms with E-state index in [4.69, 9.17) is 4.42 Å². The van der Waals surface area contributed by atoms with E-state index in [9.17, 15) is 4.79 Å². The van der Waals surface area contributed by atoms with Crippen molar-refractivity contribution >= 4 is 17.7 Å². The SMILES string of the molecule is CC1CCCN(CCCNC(=O)CSCc2coc(-c3ccccc3)n2)C1. The molecule has 1 saturated heterocycles. The zero-order valence-electron chi connectivity index (χ0n) is 16.0. The molecule has 3 rings (SSSR count). The van der Waals surface area contributed by atoms with E-state index in [1.54, 1.807) is 18.0 Å². The molecule has 6 heteroatoms. The smallest absolute Gasteiger partial charge is 0.230 e. The van der Waals surface area contributed by atoms with Crippen LogP contribution in [0.3, 0.4) is 0 Å². The molecule has 1 fully saturated rings. The first kappa shape index (κ1) is 20.0. The summed E-state index contributed by atoms with van der Waals surface area (Å²) in [5.41, 5.74) is 1.83. The van der Waals surface area contributed by atoms with Gasteiger partial charge in [0.05, 0.1) is 11.4 Å². The minimum Gasteiger partial charge on any atom is -0.444 e. The molecule has 1 aliphatic rings. The molecule has 1 unspecified atom stereocenters. The van der Waals surface area contributed by atoms with Crippen molar-refractivity contribution in [3.63, 3.8) is 0 Å². The molecule has 146 valence electrons. The van der Waals surface area contributed by atoms with Gasteiger partial charge >= 0.3 is 0 Å². The number of hydrogen-bond acceptors (Lipinski definition) is 5. The monoisotopic (exact) mass is 387 g/mol. The lowest BCUT2D eigenvalue weighted by atomic mass is 10.0. The van der Waals surface area contributed by atoms with E-state index >= 15 is 0 Å². The highest BCUT2D eigenvalue weighted by Crippen LogP contribution is 2.20. The normalized spacial score (nSPS) is 17.7. The highest BCUT2D eigenvalue weighted by Gasteiger charge is 2.15. The molecule has 1 aromatic heterocycles. The number of benzene rings is 1. The molecule has 2 aromatic rings. The number of amides is 1. The number of nitrogens with zero attached hydrogens (tertiary/aromatic N) is 2. The van der Waals surface area contributed by atoms with Gasteiger partial charge in [-0.3, -0.25) is 4.79 Å². The first-order chi connectivity index (χ1) is 13.2. The Hall–Kier alpha value is -1.79. The van der Waals surface area contributed by atoms with Crippen LogP contribution in [0.2, 0.25) is 0 Å². The number of aromatic nitrogens is 1. The Labute approximate surface area is 165 Å². The molecule has 1 N–H and O–H groups in total. The Morgan fingerprint density at radius 3 is 3.04 bits per heavy atom. The van der Waals surface area contributed by atoms with Crippen LogP contribution in [0, 0.1) is 5.92 Å². The van der Waals surface area contributed by atoms with Gasteiger partial charge in [0, 0.05) is 24.4 Å². The van der Waals surface area contributed by atoms with Crippen molar-refractivity contribution in [1.29, 1.82) is 0 Å². The number of rotatable bonds is 9. The molecule has 1 amide bonds. The molecule has 27 heavy (non-hydrogen) atoms. The number of hydrogen-bond donors (Lipinski definition) is 1. The van der Waals surface area contributed by atoms with Crippen molar-refractivity contribution < 1.29 is 9.21 Å². The molecular weight excluding hydrogens is 358 g/mol. The zero-order valence-corrected chi connectivity index (χ0v) is 16.8. The maximum Gasteiger partial charge on any atom is 0.230 e. The largest absolute Gasteiger partial charge is 0.444 e. The molecule has 1 aromatic carbocycles. The minimum absolute atomic E-state index is 0.0961. The van der Waals surface area contributed by atoms with Gasteiger partial charge in [-0.15, -0.1) is 11.8 Å². The second kappa shape index (κ2) is 10.5. The summed E-state index contributed by atoms with van der Waals surface area (Å²) in [5.74, 6) is 2.66. The Balaban J connectivity index is 1.28. The number of carbonyl (C=O) groups excluding carboxylic acids is 1. The third kappa shape index (κ3) is 6.70. The minimum atomic E-state index is 0.0961. The van der Waals surface area contributed by atoms with Crippen LogP contribution >= 0.6 is 11.8 Å². The fourth-order valence-corrected chi connectivity index (χ4v) is 4.14. The molecule has 0 radical (unpaired) electrons. The molecular formula is C21H29N3O2S. The summed E-state index contributed by atoms with van der Waals surface area (Å²) in [6.45, 7) is 6.57. The van der Waals surface area contributed by atoms with Crippen LogP contribution in [-0.4, -0.2) is 47.7 Å². The number of oxazole rings is 1. The predicted molar refractivity (Wildman–Crippen MR) is 111 cm³/mol. The quantitative estimate of drug-likeness (QED) is 0.663. The molecule has 2 heterocycles. The van der Waals surface area contributed by atoms with Gasteiger partial charge < -0.3 is 14.6 Å². The summed E-state index contributed by atoms with van der Waals surface area (Å²) < 4.78 is 5.52. The third-order valence-corrected chi connectivity index (χ3v) is 5.74. The highest BCUT2D eigenvalue weighted by molar-refractivity contribution is 7.99. The molecule has 0 spiro atoms. The van der Waals surface area contributed by atoms with Gasteiger partial charge in [-0.1, -0.05) is 25.1 Å². The number of piperidine rings is 1. The summed E-state index contributed by atoms with van der Waals surface area (Å²) >= 11 is 1.56. The molecule has 1 aliphatic heterocycles. The van der Waals surface area contributed by atoms with E-state index in [-0.39, 0.29) is 5.91 Å². The molecule has 1 atom stereocenters. The van der Waals surface area contributed by atoms with Crippen LogP contribution in [0.25, 0.3) is 11.5 Å².